The van der Waals surface area contributed by atoms with Gasteiger partial charge in [-0.3, -0.25) is 0 Å². The molecule has 0 spiro atoms. The molecule has 1 unspecified atom stereocenters. The van der Waals surface area contributed by atoms with E-state index < -0.39 is 23.5 Å². The van der Waals surface area contributed by atoms with Gasteiger partial charge in [0.2, 0.25) is 0 Å². The molecule has 1 fully saturated rings. The van der Waals surface area contributed by atoms with Crippen molar-refractivity contribution in [2.24, 2.45) is 5.73 Å². The number of hydrogen-bond donors (Lipinski definition) is 1. The molecule has 2 N–H and O–H groups in total. The second kappa shape index (κ2) is 3.98. The van der Waals surface area contributed by atoms with Gasteiger partial charge in [-0.2, -0.15) is 13.2 Å². The molecule has 1 atom stereocenters. The Morgan fingerprint density at radius 1 is 1.24 bits per heavy atom. The van der Waals surface area contributed by atoms with Crippen molar-refractivity contribution in [3.63, 3.8) is 0 Å². The van der Waals surface area contributed by atoms with Gasteiger partial charge in [-0.1, -0.05) is 18.2 Å². The monoisotopic (exact) mass is 247 g/mol. The Bertz CT molecular complexity index is 409. The van der Waals surface area contributed by atoms with Crippen molar-refractivity contribution in [1.29, 1.82) is 0 Å². The summed E-state index contributed by atoms with van der Waals surface area (Å²) in [5, 5.41) is 0. The third-order valence-corrected chi connectivity index (χ3v) is 3.17. The second-order valence-corrected chi connectivity index (χ2v) is 4.56. The first-order valence-corrected chi connectivity index (χ1v) is 5.41. The number of halogens is 4. The van der Waals surface area contributed by atoms with Crippen LogP contribution in [0.25, 0.3) is 0 Å². The van der Waals surface area contributed by atoms with Gasteiger partial charge < -0.3 is 5.73 Å². The van der Waals surface area contributed by atoms with E-state index in [0.29, 0.717) is 12.8 Å². The first kappa shape index (κ1) is 12.4. The fourth-order valence-corrected chi connectivity index (χ4v) is 1.83. The largest absolute Gasteiger partial charge is 0.416 e. The van der Waals surface area contributed by atoms with E-state index in [1.165, 1.54) is 18.2 Å². The molecule has 2 rings (SSSR count). The maximum Gasteiger partial charge on any atom is 0.416 e. The van der Waals surface area contributed by atoms with Gasteiger partial charge >= 0.3 is 6.18 Å². The minimum absolute atomic E-state index is 0.0239. The second-order valence-electron chi connectivity index (χ2n) is 4.56. The zero-order valence-corrected chi connectivity index (χ0v) is 9.10. The first-order chi connectivity index (χ1) is 7.83. The van der Waals surface area contributed by atoms with Crippen LogP contribution in [0.5, 0.6) is 0 Å². The summed E-state index contributed by atoms with van der Waals surface area (Å²) in [7, 11) is 0. The van der Waals surface area contributed by atoms with Gasteiger partial charge in [0.15, 0.2) is 0 Å². The van der Waals surface area contributed by atoms with Gasteiger partial charge in [-0.25, -0.2) is 4.39 Å². The lowest BCUT2D eigenvalue weighted by molar-refractivity contribution is -0.138. The number of hydrogen-bond acceptors (Lipinski definition) is 1. The van der Waals surface area contributed by atoms with Crippen LogP contribution in [-0.4, -0.2) is 11.7 Å². The van der Waals surface area contributed by atoms with Gasteiger partial charge in [0.25, 0.3) is 0 Å². The highest BCUT2D eigenvalue weighted by atomic mass is 19.4. The lowest BCUT2D eigenvalue weighted by Gasteiger charge is -2.18. The predicted molar refractivity (Wildman–Crippen MR) is 56.2 cm³/mol. The van der Waals surface area contributed by atoms with Crippen LogP contribution >= 0.6 is 0 Å². The maximum atomic E-state index is 13.7. The third-order valence-electron chi connectivity index (χ3n) is 3.17. The van der Waals surface area contributed by atoms with E-state index in [4.69, 9.17) is 5.73 Å². The summed E-state index contributed by atoms with van der Waals surface area (Å²) >= 11 is 0. The summed E-state index contributed by atoms with van der Waals surface area (Å²) in [6.45, 7) is 0. The van der Waals surface area contributed by atoms with E-state index in [2.05, 4.69) is 0 Å². The number of nitrogens with two attached hydrogens (primary N) is 1. The molecule has 0 saturated heterocycles. The SMILES string of the molecule is NC1(C(F)Cc2ccccc2C(F)(F)F)CC1. The highest BCUT2D eigenvalue weighted by molar-refractivity contribution is 5.31. The Kier molecular flexibility index (Phi) is 2.89. The molecule has 5 heteroatoms. The van der Waals surface area contributed by atoms with Crippen molar-refractivity contribution in [3.05, 3.63) is 35.4 Å². The van der Waals surface area contributed by atoms with Crippen molar-refractivity contribution < 1.29 is 17.6 Å². The number of alkyl halides is 4. The normalized spacial score (nSPS) is 20.1. The lowest BCUT2D eigenvalue weighted by atomic mass is 9.97. The summed E-state index contributed by atoms with van der Waals surface area (Å²) < 4.78 is 51.7. The third kappa shape index (κ3) is 2.60. The summed E-state index contributed by atoms with van der Waals surface area (Å²) in [4.78, 5) is 0. The van der Waals surface area contributed by atoms with Gasteiger partial charge in [-0.05, 0) is 24.5 Å². The van der Waals surface area contributed by atoms with Crippen LogP contribution in [-0.2, 0) is 12.6 Å². The van der Waals surface area contributed by atoms with Crippen LogP contribution in [0.3, 0.4) is 0 Å². The van der Waals surface area contributed by atoms with Gasteiger partial charge in [-0.15, -0.1) is 0 Å². The van der Waals surface area contributed by atoms with Crippen LogP contribution in [0, 0.1) is 0 Å². The molecule has 1 aliphatic carbocycles. The Hall–Kier alpha value is -1.10. The number of benzene rings is 1. The van der Waals surface area contributed by atoms with Crippen molar-refractivity contribution in [2.75, 3.05) is 0 Å². The fraction of sp³-hybridized carbons (Fsp3) is 0.500. The molecule has 0 bridgehead atoms. The Balaban J connectivity index is 2.21. The fourth-order valence-electron chi connectivity index (χ4n) is 1.83. The van der Waals surface area contributed by atoms with Crippen LogP contribution in [0.15, 0.2) is 24.3 Å². The topological polar surface area (TPSA) is 26.0 Å². The molecular formula is C12H13F4N. The molecule has 0 aliphatic heterocycles. The zero-order valence-electron chi connectivity index (χ0n) is 9.10. The van der Waals surface area contributed by atoms with Crippen molar-refractivity contribution >= 4 is 0 Å². The van der Waals surface area contributed by atoms with Crippen molar-refractivity contribution in [1.82, 2.24) is 0 Å². The molecule has 1 saturated carbocycles. The average molecular weight is 247 g/mol. The molecule has 17 heavy (non-hydrogen) atoms. The smallest absolute Gasteiger partial charge is 0.323 e. The molecule has 0 radical (unpaired) electrons. The highest BCUT2D eigenvalue weighted by Gasteiger charge is 2.47. The van der Waals surface area contributed by atoms with Gasteiger partial charge in [0, 0.05) is 12.0 Å². The first-order valence-electron chi connectivity index (χ1n) is 5.41. The van der Waals surface area contributed by atoms with Gasteiger partial charge in [0.1, 0.15) is 6.17 Å². The average Bonchev–Trinajstić information content (AvgIpc) is 2.97. The summed E-state index contributed by atoms with van der Waals surface area (Å²) in [5.74, 6) is 0. The molecule has 0 aromatic heterocycles. The zero-order chi connectivity index (χ0) is 12.7. The van der Waals surface area contributed by atoms with Crippen molar-refractivity contribution in [2.45, 2.75) is 37.1 Å². The van der Waals surface area contributed by atoms with E-state index in [1.807, 2.05) is 0 Å². The summed E-state index contributed by atoms with van der Waals surface area (Å²) in [5.41, 5.74) is 3.94. The van der Waals surface area contributed by atoms with Crippen LogP contribution in [0.4, 0.5) is 17.6 Å². The highest BCUT2D eigenvalue weighted by Crippen LogP contribution is 2.40. The van der Waals surface area contributed by atoms with E-state index >= 15 is 0 Å². The lowest BCUT2D eigenvalue weighted by Crippen LogP contribution is -2.35. The van der Waals surface area contributed by atoms with E-state index in [9.17, 15) is 17.6 Å². The van der Waals surface area contributed by atoms with Crippen LogP contribution in [0.1, 0.15) is 24.0 Å². The predicted octanol–water partition coefficient (Wildman–Crippen LogP) is 3.08. The van der Waals surface area contributed by atoms with Crippen LogP contribution < -0.4 is 5.73 Å². The number of rotatable bonds is 3. The minimum Gasteiger partial charge on any atom is -0.323 e. The van der Waals surface area contributed by atoms with E-state index in [0.717, 1.165) is 6.07 Å². The van der Waals surface area contributed by atoms with Crippen molar-refractivity contribution in [3.8, 4) is 0 Å². The maximum absolute atomic E-state index is 13.7. The Morgan fingerprint density at radius 2 is 1.82 bits per heavy atom. The minimum atomic E-state index is -4.44. The van der Waals surface area contributed by atoms with E-state index in [-0.39, 0.29) is 12.0 Å². The molecule has 1 aromatic carbocycles. The molecule has 1 aromatic rings. The quantitative estimate of drug-likeness (QED) is 0.816. The molecule has 0 amide bonds. The Morgan fingerprint density at radius 3 is 2.35 bits per heavy atom. The molecule has 94 valence electrons. The molecule has 0 heterocycles. The van der Waals surface area contributed by atoms with Gasteiger partial charge in [0.05, 0.1) is 5.56 Å². The molecular weight excluding hydrogens is 234 g/mol. The summed E-state index contributed by atoms with van der Waals surface area (Å²) in [6, 6.07) is 5.06. The molecule has 1 aliphatic rings. The molecule has 1 nitrogen and oxygen atoms in total. The van der Waals surface area contributed by atoms with E-state index in [1.54, 1.807) is 0 Å². The van der Waals surface area contributed by atoms with Crippen LogP contribution in [0.2, 0.25) is 0 Å². The standard InChI is InChI=1S/C12H13F4N/c13-10(11(17)5-6-11)7-8-3-1-2-4-9(8)12(14,15)16/h1-4,10H,5-7,17H2. The Labute approximate surface area is 96.6 Å². The summed E-state index contributed by atoms with van der Waals surface area (Å²) in [6.07, 6.45) is -5.04.